The SMILES string of the molecule is CCNCc1cc(OC)ccc1OCc1ccc(Cl)s1. The van der Waals surface area contributed by atoms with Crippen molar-refractivity contribution in [2.75, 3.05) is 13.7 Å². The predicted octanol–water partition coefficient (Wildman–Crippen LogP) is 4.10. The second-order valence-corrected chi connectivity index (χ2v) is 6.05. The maximum atomic E-state index is 5.92. The summed E-state index contributed by atoms with van der Waals surface area (Å²) in [6.07, 6.45) is 0. The lowest BCUT2D eigenvalue weighted by Crippen LogP contribution is -2.13. The molecule has 0 aliphatic carbocycles. The lowest BCUT2D eigenvalue weighted by molar-refractivity contribution is 0.304. The monoisotopic (exact) mass is 311 g/mol. The molecule has 108 valence electrons. The fourth-order valence-electron chi connectivity index (χ4n) is 1.80. The Morgan fingerprint density at radius 3 is 2.75 bits per heavy atom. The van der Waals surface area contributed by atoms with E-state index in [1.165, 1.54) is 11.3 Å². The van der Waals surface area contributed by atoms with Crippen molar-refractivity contribution < 1.29 is 9.47 Å². The van der Waals surface area contributed by atoms with Gasteiger partial charge >= 0.3 is 0 Å². The fraction of sp³-hybridized carbons (Fsp3) is 0.333. The van der Waals surface area contributed by atoms with Crippen molar-refractivity contribution in [3.63, 3.8) is 0 Å². The van der Waals surface area contributed by atoms with Crippen LogP contribution in [0.5, 0.6) is 11.5 Å². The van der Waals surface area contributed by atoms with Gasteiger partial charge in [-0.15, -0.1) is 11.3 Å². The molecule has 3 nitrogen and oxygen atoms in total. The van der Waals surface area contributed by atoms with Gasteiger partial charge in [-0.1, -0.05) is 18.5 Å². The number of halogens is 1. The molecule has 1 aromatic heterocycles. The maximum absolute atomic E-state index is 5.92. The Morgan fingerprint density at radius 2 is 2.10 bits per heavy atom. The van der Waals surface area contributed by atoms with Crippen LogP contribution in [0.25, 0.3) is 0 Å². The minimum atomic E-state index is 0.531. The molecule has 0 amide bonds. The second kappa shape index (κ2) is 7.53. The van der Waals surface area contributed by atoms with Gasteiger partial charge in [-0.3, -0.25) is 0 Å². The third kappa shape index (κ3) is 4.13. The number of methoxy groups -OCH3 is 1. The van der Waals surface area contributed by atoms with Crippen LogP contribution >= 0.6 is 22.9 Å². The van der Waals surface area contributed by atoms with Gasteiger partial charge in [0.1, 0.15) is 18.1 Å². The third-order valence-corrected chi connectivity index (χ3v) is 4.04. The summed E-state index contributed by atoms with van der Waals surface area (Å²) in [5.74, 6) is 1.71. The van der Waals surface area contributed by atoms with E-state index < -0.39 is 0 Å². The molecule has 2 aromatic rings. The summed E-state index contributed by atoms with van der Waals surface area (Å²) in [5, 5.41) is 3.30. The first kappa shape index (κ1) is 15.2. The third-order valence-electron chi connectivity index (χ3n) is 2.83. The van der Waals surface area contributed by atoms with E-state index >= 15 is 0 Å². The van der Waals surface area contributed by atoms with Crippen molar-refractivity contribution >= 4 is 22.9 Å². The predicted molar refractivity (Wildman–Crippen MR) is 84.0 cm³/mol. The first-order chi connectivity index (χ1) is 9.72. The average molecular weight is 312 g/mol. The molecule has 0 spiro atoms. The van der Waals surface area contributed by atoms with E-state index in [0.29, 0.717) is 6.61 Å². The van der Waals surface area contributed by atoms with Gasteiger partial charge in [-0.05, 0) is 36.9 Å². The van der Waals surface area contributed by atoms with Crippen molar-refractivity contribution in [3.05, 3.63) is 45.1 Å². The van der Waals surface area contributed by atoms with Crippen LogP contribution in [0.15, 0.2) is 30.3 Å². The molecule has 0 radical (unpaired) electrons. The molecule has 1 heterocycles. The van der Waals surface area contributed by atoms with Crippen molar-refractivity contribution in [1.29, 1.82) is 0 Å². The number of hydrogen-bond acceptors (Lipinski definition) is 4. The van der Waals surface area contributed by atoms with E-state index in [2.05, 4.69) is 12.2 Å². The Bertz CT molecular complexity index is 557. The molecule has 2 rings (SSSR count). The molecule has 0 saturated heterocycles. The standard InChI is InChI=1S/C15H18ClNO2S/c1-3-17-9-11-8-12(18-2)4-6-14(11)19-10-13-5-7-15(16)20-13/h4-8,17H,3,9-10H2,1-2H3. The summed E-state index contributed by atoms with van der Waals surface area (Å²) in [5.41, 5.74) is 1.09. The highest BCUT2D eigenvalue weighted by Gasteiger charge is 2.07. The van der Waals surface area contributed by atoms with Gasteiger partial charge < -0.3 is 14.8 Å². The smallest absolute Gasteiger partial charge is 0.124 e. The Labute approximate surface area is 128 Å². The maximum Gasteiger partial charge on any atom is 0.124 e. The Balaban J connectivity index is 2.08. The van der Waals surface area contributed by atoms with Crippen LogP contribution in [-0.4, -0.2) is 13.7 Å². The molecule has 0 atom stereocenters. The summed E-state index contributed by atoms with van der Waals surface area (Å²) in [6.45, 7) is 4.28. The Kier molecular flexibility index (Phi) is 5.71. The zero-order valence-electron chi connectivity index (χ0n) is 11.6. The Hall–Kier alpha value is -1.23. The summed E-state index contributed by atoms with van der Waals surface area (Å²) >= 11 is 7.46. The highest BCUT2D eigenvalue weighted by Crippen LogP contribution is 2.27. The van der Waals surface area contributed by atoms with E-state index in [1.807, 2.05) is 30.3 Å². The van der Waals surface area contributed by atoms with Crippen LogP contribution in [0.2, 0.25) is 4.34 Å². The van der Waals surface area contributed by atoms with Crippen molar-refractivity contribution in [2.24, 2.45) is 0 Å². The van der Waals surface area contributed by atoms with Crippen LogP contribution in [0.4, 0.5) is 0 Å². The normalized spacial score (nSPS) is 10.6. The quantitative estimate of drug-likeness (QED) is 0.835. The zero-order chi connectivity index (χ0) is 14.4. The van der Waals surface area contributed by atoms with Crippen LogP contribution < -0.4 is 14.8 Å². The van der Waals surface area contributed by atoms with Gasteiger partial charge in [-0.25, -0.2) is 0 Å². The summed E-state index contributed by atoms with van der Waals surface area (Å²) in [4.78, 5) is 1.11. The number of benzene rings is 1. The first-order valence-electron chi connectivity index (χ1n) is 6.47. The fourth-order valence-corrected chi connectivity index (χ4v) is 2.80. The van der Waals surface area contributed by atoms with E-state index in [1.54, 1.807) is 7.11 Å². The number of thiophene rings is 1. The van der Waals surface area contributed by atoms with Crippen LogP contribution in [0.3, 0.4) is 0 Å². The summed E-state index contributed by atoms with van der Waals surface area (Å²) in [6, 6.07) is 9.73. The topological polar surface area (TPSA) is 30.5 Å². The molecule has 0 saturated carbocycles. The molecule has 0 unspecified atom stereocenters. The van der Waals surface area contributed by atoms with Crippen LogP contribution in [0.1, 0.15) is 17.4 Å². The van der Waals surface area contributed by atoms with Crippen molar-refractivity contribution in [3.8, 4) is 11.5 Å². The summed E-state index contributed by atoms with van der Waals surface area (Å²) in [7, 11) is 1.67. The van der Waals surface area contributed by atoms with E-state index in [4.69, 9.17) is 21.1 Å². The average Bonchev–Trinajstić information content (AvgIpc) is 2.89. The number of hydrogen-bond donors (Lipinski definition) is 1. The molecule has 0 bridgehead atoms. The first-order valence-corrected chi connectivity index (χ1v) is 7.67. The van der Waals surface area contributed by atoms with Crippen LogP contribution in [0, 0.1) is 0 Å². The zero-order valence-corrected chi connectivity index (χ0v) is 13.2. The molecule has 0 aliphatic rings. The molecule has 5 heteroatoms. The van der Waals surface area contributed by atoms with Gasteiger partial charge in [0.15, 0.2) is 0 Å². The minimum absolute atomic E-state index is 0.531. The molecule has 0 aliphatic heterocycles. The van der Waals surface area contributed by atoms with Crippen molar-refractivity contribution in [2.45, 2.75) is 20.1 Å². The van der Waals surface area contributed by atoms with E-state index in [-0.39, 0.29) is 0 Å². The molecule has 1 N–H and O–H groups in total. The molecule has 0 fully saturated rings. The second-order valence-electron chi connectivity index (χ2n) is 4.25. The molecular weight excluding hydrogens is 294 g/mol. The molecular formula is C15H18ClNO2S. The van der Waals surface area contributed by atoms with Crippen LogP contribution in [-0.2, 0) is 13.2 Å². The van der Waals surface area contributed by atoms with E-state index in [0.717, 1.165) is 39.4 Å². The van der Waals surface area contributed by atoms with E-state index in [9.17, 15) is 0 Å². The lowest BCUT2D eigenvalue weighted by atomic mass is 10.2. The largest absolute Gasteiger partial charge is 0.497 e. The number of rotatable bonds is 7. The number of nitrogens with one attached hydrogen (secondary N) is 1. The molecule has 1 aromatic carbocycles. The van der Waals surface area contributed by atoms with Crippen molar-refractivity contribution in [1.82, 2.24) is 5.32 Å². The Morgan fingerprint density at radius 1 is 1.25 bits per heavy atom. The lowest BCUT2D eigenvalue weighted by Gasteiger charge is -2.12. The highest BCUT2D eigenvalue weighted by molar-refractivity contribution is 7.16. The summed E-state index contributed by atoms with van der Waals surface area (Å²) < 4.78 is 11.9. The van der Waals surface area contributed by atoms with Gasteiger partial charge in [0, 0.05) is 17.0 Å². The molecule has 20 heavy (non-hydrogen) atoms. The van der Waals surface area contributed by atoms with Gasteiger partial charge in [0.25, 0.3) is 0 Å². The minimum Gasteiger partial charge on any atom is -0.497 e. The van der Waals surface area contributed by atoms with Gasteiger partial charge in [-0.2, -0.15) is 0 Å². The van der Waals surface area contributed by atoms with Gasteiger partial charge in [0.2, 0.25) is 0 Å². The van der Waals surface area contributed by atoms with Gasteiger partial charge in [0.05, 0.1) is 11.4 Å². The highest BCUT2D eigenvalue weighted by atomic mass is 35.5. The number of ether oxygens (including phenoxy) is 2.